The Bertz CT molecular complexity index is 313. The Morgan fingerprint density at radius 3 is 3.17 bits per heavy atom. The van der Waals surface area contributed by atoms with Crippen molar-refractivity contribution in [2.45, 2.75) is 13.3 Å². The molecule has 1 aliphatic heterocycles. The molecule has 1 heteroatoms. The first kappa shape index (κ1) is 7.41. The van der Waals surface area contributed by atoms with Gasteiger partial charge in [0.05, 0.1) is 0 Å². The Morgan fingerprint density at radius 1 is 1.42 bits per heavy atom. The standard InChI is InChI=1S/C11H13N/c1-2-9-5-3-7-11-10(9)6-4-8-12-11/h3-7,12H,2,8H2,1H3. The molecule has 1 heterocycles. The van der Waals surface area contributed by atoms with Crippen molar-refractivity contribution >= 4 is 11.8 Å². The second-order valence-electron chi connectivity index (χ2n) is 3.02. The third-order valence-corrected chi connectivity index (χ3v) is 2.27. The molecule has 1 nitrogen and oxygen atoms in total. The zero-order chi connectivity index (χ0) is 8.39. The summed E-state index contributed by atoms with van der Waals surface area (Å²) in [6.45, 7) is 3.15. The summed E-state index contributed by atoms with van der Waals surface area (Å²) in [6.07, 6.45) is 5.49. The molecule has 2 rings (SSSR count). The summed E-state index contributed by atoms with van der Waals surface area (Å²) >= 11 is 0. The normalized spacial score (nSPS) is 13.8. The van der Waals surface area contributed by atoms with E-state index in [1.54, 1.807) is 0 Å². The lowest BCUT2D eigenvalue weighted by Gasteiger charge is -2.15. The van der Waals surface area contributed by atoms with Crippen molar-refractivity contribution in [3.05, 3.63) is 35.4 Å². The van der Waals surface area contributed by atoms with Crippen LogP contribution >= 0.6 is 0 Å². The lowest BCUT2D eigenvalue weighted by molar-refractivity contribution is 1.12. The SMILES string of the molecule is CCc1cccc2c1C=CCN2. The topological polar surface area (TPSA) is 12.0 Å². The highest BCUT2D eigenvalue weighted by atomic mass is 14.9. The monoisotopic (exact) mass is 159 g/mol. The van der Waals surface area contributed by atoms with Crippen LogP contribution in [0.1, 0.15) is 18.1 Å². The van der Waals surface area contributed by atoms with Crippen molar-refractivity contribution in [2.24, 2.45) is 0 Å². The fraction of sp³-hybridized carbons (Fsp3) is 0.273. The van der Waals surface area contributed by atoms with Crippen LogP contribution in [0.25, 0.3) is 6.08 Å². The van der Waals surface area contributed by atoms with Crippen LogP contribution in [0.5, 0.6) is 0 Å². The second kappa shape index (κ2) is 3.02. The van der Waals surface area contributed by atoms with Crippen LogP contribution < -0.4 is 5.32 Å². The smallest absolute Gasteiger partial charge is 0.0418 e. The summed E-state index contributed by atoms with van der Waals surface area (Å²) in [5.41, 5.74) is 4.07. The Kier molecular flexibility index (Phi) is 1.86. The second-order valence-corrected chi connectivity index (χ2v) is 3.02. The highest BCUT2D eigenvalue weighted by Gasteiger charge is 2.05. The number of aryl methyl sites for hydroxylation is 1. The van der Waals surface area contributed by atoms with Gasteiger partial charge in [0.1, 0.15) is 0 Å². The molecule has 1 N–H and O–H groups in total. The summed E-state index contributed by atoms with van der Waals surface area (Å²) in [7, 11) is 0. The zero-order valence-corrected chi connectivity index (χ0v) is 7.30. The van der Waals surface area contributed by atoms with Crippen molar-refractivity contribution < 1.29 is 0 Å². The molecule has 0 fully saturated rings. The maximum absolute atomic E-state index is 3.35. The van der Waals surface area contributed by atoms with Gasteiger partial charge in [-0.25, -0.2) is 0 Å². The van der Waals surface area contributed by atoms with Crippen molar-refractivity contribution in [1.82, 2.24) is 0 Å². The first-order valence-corrected chi connectivity index (χ1v) is 4.44. The molecule has 0 saturated carbocycles. The predicted octanol–water partition coefficient (Wildman–Crippen LogP) is 2.69. The molecular weight excluding hydrogens is 146 g/mol. The summed E-state index contributed by atoms with van der Waals surface area (Å²) in [5.74, 6) is 0. The van der Waals surface area contributed by atoms with Gasteiger partial charge in [0.15, 0.2) is 0 Å². The van der Waals surface area contributed by atoms with Gasteiger partial charge in [0, 0.05) is 17.8 Å². The average molecular weight is 159 g/mol. The molecular formula is C11H13N. The van der Waals surface area contributed by atoms with E-state index in [2.05, 4.69) is 42.6 Å². The third-order valence-electron chi connectivity index (χ3n) is 2.27. The van der Waals surface area contributed by atoms with E-state index in [0.29, 0.717) is 0 Å². The van der Waals surface area contributed by atoms with Gasteiger partial charge in [-0.3, -0.25) is 0 Å². The molecule has 0 radical (unpaired) electrons. The van der Waals surface area contributed by atoms with Gasteiger partial charge in [-0.2, -0.15) is 0 Å². The van der Waals surface area contributed by atoms with E-state index >= 15 is 0 Å². The summed E-state index contributed by atoms with van der Waals surface area (Å²) < 4.78 is 0. The minimum atomic E-state index is 0.958. The van der Waals surface area contributed by atoms with Gasteiger partial charge in [-0.05, 0) is 18.1 Å². The van der Waals surface area contributed by atoms with Gasteiger partial charge < -0.3 is 5.32 Å². The Morgan fingerprint density at radius 2 is 2.33 bits per heavy atom. The van der Waals surface area contributed by atoms with Crippen LogP contribution in [0.3, 0.4) is 0 Å². The van der Waals surface area contributed by atoms with Crippen molar-refractivity contribution in [2.75, 3.05) is 11.9 Å². The Balaban J connectivity index is 2.54. The van der Waals surface area contributed by atoms with E-state index < -0.39 is 0 Å². The average Bonchev–Trinajstić information content (AvgIpc) is 2.17. The molecule has 0 spiro atoms. The number of hydrogen-bond donors (Lipinski definition) is 1. The maximum Gasteiger partial charge on any atom is 0.0418 e. The van der Waals surface area contributed by atoms with E-state index in [4.69, 9.17) is 0 Å². The van der Waals surface area contributed by atoms with Gasteiger partial charge in [0.25, 0.3) is 0 Å². The van der Waals surface area contributed by atoms with Gasteiger partial charge >= 0.3 is 0 Å². The number of anilines is 1. The molecule has 0 aromatic heterocycles. The predicted molar refractivity (Wildman–Crippen MR) is 53.3 cm³/mol. The largest absolute Gasteiger partial charge is 0.381 e. The van der Waals surface area contributed by atoms with E-state index in [1.807, 2.05) is 0 Å². The lowest BCUT2D eigenvalue weighted by atomic mass is 10.0. The van der Waals surface area contributed by atoms with Crippen LogP contribution in [0.2, 0.25) is 0 Å². The lowest BCUT2D eigenvalue weighted by Crippen LogP contribution is -2.05. The summed E-state index contributed by atoms with van der Waals surface area (Å²) in [4.78, 5) is 0. The number of benzene rings is 1. The minimum absolute atomic E-state index is 0.958. The van der Waals surface area contributed by atoms with Gasteiger partial charge in [-0.15, -0.1) is 0 Å². The molecule has 0 unspecified atom stereocenters. The quantitative estimate of drug-likeness (QED) is 0.664. The third kappa shape index (κ3) is 1.11. The van der Waals surface area contributed by atoms with Crippen LogP contribution in [-0.2, 0) is 6.42 Å². The minimum Gasteiger partial charge on any atom is -0.381 e. The maximum atomic E-state index is 3.35. The number of hydrogen-bond acceptors (Lipinski definition) is 1. The molecule has 0 saturated heterocycles. The number of nitrogens with one attached hydrogen (secondary N) is 1. The van der Waals surface area contributed by atoms with Crippen LogP contribution in [-0.4, -0.2) is 6.54 Å². The molecule has 1 aliphatic rings. The van der Waals surface area contributed by atoms with E-state index in [1.165, 1.54) is 16.8 Å². The van der Waals surface area contributed by atoms with E-state index in [9.17, 15) is 0 Å². The number of rotatable bonds is 1. The van der Waals surface area contributed by atoms with Crippen molar-refractivity contribution in [3.63, 3.8) is 0 Å². The van der Waals surface area contributed by atoms with Crippen LogP contribution in [0, 0.1) is 0 Å². The first-order valence-electron chi connectivity index (χ1n) is 4.44. The van der Waals surface area contributed by atoms with E-state index in [-0.39, 0.29) is 0 Å². The van der Waals surface area contributed by atoms with Crippen molar-refractivity contribution in [3.8, 4) is 0 Å². The zero-order valence-electron chi connectivity index (χ0n) is 7.30. The molecule has 0 amide bonds. The summed E-state index contributed by atoms with van der Waals surface area (Å²) in [6, 6.07) is 6.44. The fourth-order valence-corrected chi connectivity index (χ4v) is 1.62. The van der Waals surface area contributed by atoms with Gasteiger partial charge in [-0.1, -0.05) is 31.2 Å². The molecule has 0 atom stereocenters. The van der Waals surface area contributed by atoms with Crippen molar-refractivity contribution in [1.29, 1.82) is 0 Å². The Hall–Kier alpha value is -1.24. The molecule has 0 aliphatic carbocycles. The summed E-state index contributed by atoms with van der Waals surface area (Å²) in [5, 5.41) is 3.35. The molecule has 1 aromatic carbocycles. The first-order chi connectivity index (χ1) is 5.92. The van der Waals surface area contributed by atoms with Crippen LogP contribution in [0.4, 0.5) is 5.69 Å². The van der Waals surface area contributed by atoms with E-state index in [0.717, 1.165) is 13.0 Å². The molecule has 0 bridgehead atoms. The Labute approximate surface area is 73.1 Å². The van der Waals surface area contributed by atoms with Crippen LogP contribution in [0.15, 0.2) is 24.3 Å². The molecule has 1 aromatic rings. The fourth-order valence-electron chi connectivity index (χ4n) is 1.62. The molecule has 62 valence electrons. The van der Waals surface area contributed by atoms with Gasteiger partial charge in [0.2, 0.25) is 0 Å². The highest BCUT2D eigenvalue weighted by Crippen LogP contribution is 2.24. The number of fused-ring (bicyclic) bond motifs is 1. The molecule has 12 heavy (non-hydrogen) atoms. The highest BCUT2D eigenvalue weighted by molar-refractivity contribution is 5.72.